The van der Waals surface area contributed by atoms with Crippen LogP contribution >= 0.6 is 0 Å². The SMILES string of the molecule is CC1CCCN(Cc2cc3c(c(C(F)(F)F)c2)CN(c2cccc(C4(Cc5nncn5C)CC(C#N)C4)c2)C3=O)C1. The lowest BCUT2D eigenvalue weighted by Gasteiger charge is -2.45. The van der Waals surface area contributed by atoms with Crippen LogP contribution in [-0.4, -0.2) is 38.7 Å². The minimum atomic E-state index is -4.56. The minimum Gasteiger partial charge on any atom is -0.321 e. The van der Waals surface area contributed by atoms with Gasteiger partial charge in [-0.05, 0) is 79.1 Å². The van der Waals surface area contributed by atoms with Gasteiger partial charge in [-0.15, -0.1) is 10.2 Å². The molecule has 1 saturated carbocycles. The number of likely N-dealkylation sites (tertiary alicyclic amines) is 1. The molecular weight excluding hydrogens is 529 g/mol. The first-order chi connectivity index (χ1) is 19.6. The van der Waals surface area contributed by atoms with Gasteiger partial charge in [-0.25, -0.2) is 0 Å². The largest absolute Gasteiger partial charge is 0.416 e. The molecule has 1 amide bonds. The number of hydrogen-bond donors (Lipinski definition) is 0. The lowest BCUT2D eigenvalue weighted by Crippen LogP contribution is -2.43. The monoisotopic (exact) mass is 562 g/mol. The second-order valence-corrected chi connectivity index (χ2v) is 12.1. The van der Waals surface area contributed by atoms with Crippen LogP contribution in [-0.2, 0) is 38.1 Å². The Morgan fingerprint density at radius 3 is 2.68 bits per heavy atom. The first-order valence-corrected chi connectivity index (χ1v) is 14.2. The Morgan fingerprint density at radius 1 is 1.20 bits per heavy atom. The van der Waals surface area contributed by atoms with E-state index in [1.807, 2.05) is 29.8 Å². The van der Waals surface area contributed by atoms with Crippen molar-refractivity contribution < 1.29 is 18.0 Å². The summed E-state index contributed by atoms with van der Waals surface area (Å²) >= 11 is 0. The van der Waals surface area contributed by atoms with E-state index in [0.717, 1.165) is 37.3 Å². The molecule has 0 radical (unpaired) electrons. The zero-order chi connectivity index (χ0) is 28.9. The topological polar surface area (TPSA) is 78.1 Å². The van der Waals surface area contributed by atoms with Gasteiger partial charge in [0.15, 0.2) is 0 Å². The number of piperidine rings is 1. The van der Waals surface area contributed by atoms with Gasteiger partial charge in [0.1, 0.15) is 12.2 Å². The van der Waals surface area contributed by atoms with E-state index in [9.17, 15) is 23.2 Å². The van der Waals surface area contributed by atoms with Gasteiger partial charge in [-0.2, -0.15) is 18.4 Å². The zero-order valence-corrected chi connectivity index (χ0v) is 23.3. The molecule has 3 heterocycles. The van der Waals surface area contributed by atoms with Crippen LogP contribution in [0.4, 0.5) is 18.9 Å². The van der Waals surface area contributed by atoms with Crippen molar-refractivity contribution in [3.8, 4) is 6.07 Å². The molecule has 10 heteroatoms. The Bertz CT molecular complexity index is 1520. The molecule has 1 aromatic heterocycles. The van der Waals surface area contributed by atoms with Gasteiger partial charge in [-0.3, -0.25) is 9.69 Å². The number of nitriles is 1. The molecule has 2 aliphatic heterocycles. The Balaban J connectivity index is 1.32. The number of benzene rings is 2. The molecule has 6 rings (SSSR count). The molecule has 1 aliphatic carbocycles. The van der Waals surface area contributed by atoms with E-state index >= 15 is 0 Å². The highest BCUT2D eigenvalue weighted by Gasteiger charge is 2.47. The van der Waals surface area contributed by atoms with Gasteiger partial charge >= 0.3 is 6.18 Å². The maximum atomic E-state index is 14.3. The highest BCUT2D eigenvalue weighted by molar-refractivity contribution is 6.10. The molecular formula is C31H33F3N6O. The number of amides is 1. The Labute approximate surface area is 237 Å². The van der Waals surface area contributed by atoms with Gasteiger partial charge < -0.3 is 9.47 Å². The third-order valence-corrected chi connectivity index (χ3v) is 9.08. The van der Waals surface area contributed by atoms with Gasteiger partial charge in [0.2, 0.25) is 0 Å². The number of aryl methyl sites for hydroxylation is 1. The predicted octanol–water partition coefficient (Wildman–Crippen LogP) is 5.64. The Morgan fingerprint density at radius 2 is 2.00 bits per heavy atom. The molecule has 1 saturated heterocycles. The molecule has 3 aromatic rings. The van der Waals surface area contributed by atoms with Crippen LogP contribution in [0.3, 0.4) is 0 Å². The number of carbonyl (C=O) groups excluding carboxylic acids is 1. The van der Waals surface area contributed by atoms with E-state index in [2.05, 4.69) is 28.1 Å². The van der Waals surface area contributed by atoms with Crippen LogP contribution in [0, 0.1) is 23.2 Å². The molecule has 41 heavy (non-hydrogen) atoms. The normalized spacial score (nSPS) is 24.7. The number of carbonyl (C=O) groups is 1. The van der Waals surface area contributed by atoms with Crippen LogP contribution in [0.1, 0.15) is 71.0 Å². The van der Waals surface area contributed by atoms with Crippen molar-refractivity contribution in [2.75, 3.05) is 18.0 Å². The molecule has 7 nitrogen and oxygen atoms in total. The van der Waals surface area contributed by atoms with Crippen molar-refractivity contribution in [3.63, 3.8) is 0 Å². The number of nitrogens with zero attached hydrogens (tertiary/aromatic N) is 6. The molecule has 2 fully saturated rings. The zero-order valence-electron chi connectivity index (χ0n) is 23.3. The third kappa shape index (κ3) is 5.12. The van der Waals surface area contributed by atoms with E-state index in [1.165, 1.54) is 11.0 Å². The van der Waals surface area contributed by atoms with Gasteiger partial charge in [0, 0.05) is 49.1 Å². The maximum Gasteiger partial charge on any atom is 0.416 e. The lowest BCUT2D eigenvalue weighted by molar-refractivity contribution is -0.138. The summed E-state index contributed by atoms with van der Waals surface area (Å²) in [6.45, 7) is 4.11. The van der Waals surface area contributed by atoms with E-state index in [1.54, 1.807) is 18.5 Å². The maximum absolute atomic E-state index is 14.3. The fourth-order valence-electron chi connectivity index (χ4n) is 6.94. The summed E-state index contributed by atoms with van der Waals surface area (Å²) in [5.41, 5.74) is 1.11. The van der Waals surface area contributed by atoms with Crippen molar-refractivity contribution >= 4 is 11.6 Å². The van der Waals surface area contributed by atoms with Crippen molar-refractivity contribution in [2.24, 2.45) is 18.9 Å². The van der Waals surface area contributed by atoms with Crippen LogP contribution in [0.2, 0.25) is 0 Å². The quantitative estimate of drug-likeness (QED) is 0.389. The number of aromatic nitrogens is 3. The number of halogens is 3. The van der Waals surface area contributed by atoms with E-state index in [0.29, 0.717) is 43.0 Å². The van der Waals surface area contributed by atoms with E-state index < -0.39 is 17.6 Å². The summed E-state index contributed by atoms with van der Waals surface area (Å²) in [6.07, 6.45) is 1.09. The van der Waals surface area contributed by atoms with Crippen LogP contribution < -0.4 is 4.90 Å². The lowest BCUT2D eigenvalue weighted by atomic mass is 9.57. The third-order valence-electron chi connectivity index (χ3n) is 9.08. The molecule has 2 aromatic carbocycles. The van der Waals surface area contributed by atoms with Crippen molar-refractivity contribution in [3.05, 3.63) is 76.4 Å². The summed E-state index contributed by atoms with van der Waals surface area (Å²) in [5.74, 6) is 0.796. The smallest absolute Gasteiger partial charge is 0.321 e. The average Bonchev–Trinajstić information content (AvgIpc) is 3.47. The fraction of sp³-hybridized carbons (Fsp3) is 0.484. The minimum absolute atomic E-state index is 0.0330. The highest BCUT2D eigenvalue weighted by atomic mass is 19.4. The van der Waals surface area contributed by atoms with Gasteiger partial charge in [0.25, 0.3) is 5.91 Å². The molecule has 0 bridgehead atoms. The van der Waals surface area contributed by atoms with Crippen molar-refractivity contribution in [2.45, 2.75) is 63.7 Å². The number of fused-ring (bicyclic) bond motifs is 1. The Kier molecular flexibility index (Phi) is 6.89. The van der Waals surface area contributed by atoms with Gasteiger partial charge in [-0.1, -0.05) is 19.1 Å². The fourth-order valence-corrected chi connectivity index (χ4v) is 6.94. The van der Waals surface area contributed by atoms with E-state index in [-0.39, 0.29) is 29.0 Å². The van der Waals surface area contributed by atoms with E-state index in [4.69, 9.17) is 0 Å². The molecule has 1 atom stereocenters. The van der Waals surface area contributed by atoms with Crippen LogP contribution in [0.15, 0.2) is 42.7 Å². The molecule has 1 unspecified atom stereocenters. The molecule has 0 N–H and O–H groups in total. The summed E-state index contributed by atoms with van der Waals surface area (Å²) in [7, 11) is 1.87. The number of anilines is 1. The molecule has 3 aliphatic rings. The Hall–Kier alpha value is -3.71. The predicted molar refractivity (Wildman–Crippen MR) is 147 cm³/mol. The van der Waals surface area contributed by atoms with Gasteiger partial charge in [0.05, 0.1) is 18.2 Å². The number of rotatable bonds is 6. The first-order valence-electron chi connectivity index (χ1n) is 14.2. The second-order valence-electron chi connectivity index (χ2n) is 12.1. The summed E-state index contributed by atoms with van der Waals surface area (Å²) in [6, 6.07) is 12.7. The first kappa shape index (κ1) is 27.5. The summed E-state index contributed by atoms with van der Waals surface area (Å²) < 4.78 is 44.7. The molecule has 214 valence electrons. The van der Waals surface area contributed by atoms with Crippen LogP contribution in [0.5, 0.6) is 0 Å². The summed E-state index contributed by atoms with van der Waals surface area (Å²) in [5, 5.41) is 17.7. The summed E-state index contributed by atoms with van der Waals surface area (Å²) in [4.78, 5) is 17.3. The van der Waals surface area contributed by atoms with Crippen LogP contribution in [0.25, 0.3) is 0 Å². The standard InChI is InChI=1S/C31H33F3N6O/c1-20-5-4-8-39(16-20)17-21-9-25-26(27(10-21)31(32,33)34)18-40(29(25)41)24-7-3-6-23(11-24)30(12-22(13-30)15-35)14-28-37-36-19-38(28)2/h3,6-7,9-11,19-20,22H,4-5,8,12-14,16-18H2,1-2H3. The second kappa shape index (κ2) is 10.3. The molecule has 0 spiro atoms. The van der Waals surface area contributed by atoms with Crippen molar-refractivity contribution in [1.29, 1.82) is 5.26 Å². The highest BCUT2D eigenvalue weighted by Crippen LogP contribution is 2.50. The number of hydrogen-bond acceptors (Lipinski definition) is 5. The number of alkyl halides is 3. The van der Waals surface area contributed by atoms with Crippen molar-refractivity contribution in [1.82, 2.24) is 19.7 Å². The average molecular weight is 563 g/mol.